The van der Waals surface area contributed by atoms with Gasteiger partial charge in [-0.25, -0.2) is 4.79 Å². The number of fused-ring (bicyclic) bond motifs is 2. The Bertz CT molecular complexity index is 1220. The molecule has 37 heavy (non-hydrogen) atoms. The zero-order valence-corrected chi connectivity index (χ0v) is 21.5. The number of likely N-dealkylation sites (tertiary alicyclic amines) is 1. The Hall–Kier alpha value is -3.90. The van der Waals surface area contributed by atoms with Crippen LogP contribution in [0.25, 0.3) is 0 Å². The number of carbonyl (C=O) groups excluding carboxylic acids is 3. The molecule has 1 unspecified atom stereocenters. The number of para-hydroxylation sites is 1. The Balaban J connectivity index is 1.57. The fraction of sp³-hybridized carbons (Fsp3) is 0.429. The highest BCUT2D eigenvalue weighted by molar-refractivity contribution is 6.07. The molecule has 0 aromatic heterocycles. The maximum absolute atomic E-state index is 13.9. The highest BCUT2D eigenvalue weighted by Gasteiger charge is 2.56. The monoisotopic (exact) mass is 504 g/mol. The number of carbonyl (C=O) groups is 3. The zero-order chi connectivity index (χ0) is 26.8. The molecule has 0 radical (unpaired) electrons. The number of hydrogen-bond acceptors (Lipinski definition) is 6. The molecule has 2 heterocycles. The summed E-state index contributed by atoms with van der Waals surface area (Å²) in [6.45, 7) is 7.29. The van der Waals surface area contributed by atoms with Crippen LogP contribution in [0.4, 0.5) is 10.5 Å². The first kappa shape index (κ1) is 26.2. The first-order valence-corrected chi connectivity index (χ1v) is 12.3. The zero-order valence-electron chi connectivity index (χ0n) is 21.5. The van der Waals surface area contributed by atoms with Gasteiger partial charge >= 0.3 is 6.09 Å². The van der Waals surface area contributed by atoms with Gasteiger partial charge in [0.25, 0.3) is 0 Å². The summed E-state index contributed by atoms with van der Waals surface area (Å²) in [7, 11) is 0. The predicted molar refractivity (Wildman–Crippen MR) is 136 cm³/mol. The smallest absolute Gasteiger partial charge is 0.408 e. The van der Waals surface area contributed by atoms with Crippen LogP contribution < -0.4 is 10.6 Å². The summed E-state index contributed by atoms with van der Waals surface area (Å²) in [5.74, 6) is -0.746. The van der Waals surface area contributed by atoms with E-state index in [1.165, 1.54) is 4.90 Å². The lowest BCUT2D eigenvalue weighted by Gasteiger charge is -2.33. The molecule has 1 spiro atoms. The number of ether oxygens (including phenoxy) is 2. The van der Waals surface area contributed by atoms with Crippen molar-refractivity contribution in [2.75, 3.05) is 11.9 Å². The standard InChI is InChI=1S/C28H32N4O5/c1-18(37-27(2,3)4)23(31-26(35)36-16-19-10-6-5-7-11-19)24(33)32-17-28(14-20(32)15-29)21-12-8-9-13-22(21)30-25(28)34/h5-13,18,20,23H,14,16-17H2,1-4H3,(H,30,34)(H,31,35)/t18?,20-,23-,28-/m0/s1. The molecule has 4 rings (SSSR count). The maximum Gasteiger partial charge on any atom is 0.408 e. The Labute approximate surface area is 216 Å². The van der Waals surface area contributed by atoms with Crippen LogP contribution in [0, 0.1) is 11.3 Å². The summed E-state index contributed by atoms with van der Waals surface area (Å²) in [6.07, 6.45) is -1.35. The highest BCUT2D eigenvalue weighted by atomic mass is 16.6. The molecule has 0 saturated carbocycles. The van der Waals surface area contributed by atoms with Gasteiger partial charge in [0.1, 0.15) is 18.7 Å². The lowest BCUT2D eigenvalue weighted by atomic mass is 9.80. The third-order valence-corrected chi connectivity index (χ3v) is 6.68. The number of nitriles is 1. The molecule has 2 aliphatic rings. The summed E-state index contributed by atoms with van der Waals surface area (Å²) >= 11 is 0. The van der Waals surface area contributed by atoms with Crippen LogP contribution in [0.1, 0.15) is 45.2 Å². The second-order valence-electron chi connectivity index (χ2n) is 10.5. The molecule has 4 atom stereocenters. The van der Waals surface area contributed by atoms with Crippen molar-refractivity contribution in [3.05, 3.63) is 65.7 Å². The molecule has 0 bridgehead atoms. The van der Waals surface area contributed by atoms with Crippen molar-refractivity contribution in [1.29, 1.82) is 5.26 Å². The third-order valence-electron chi connectivity index (χ3n) is 6.68. The number of rotatable bonds is 6. The lowest BCUT2D eigenvalue weighted by Crippen LogP contribution is -2.56. The van der Waals surface area contributed by atoms with Gasteiger partial charge in [0, 0.05) is 18.7 Å². The minimum absolute atomic E-state index is 0.0202. The lowest BCUT2D eigenvalue weighted by molar-refractivity contribution is -0.141. The van der Waals surface area contributed by atoms with Crippen LogP contribution in [0.2, 0.25) is 0 Å². The van der Waals surface area contributed by atoms with Gasteiger partial charge in [0.05, 0.1) is 23.2 Å². The summed E-state index contributed by atoms with van der Waals surface area (Å²) in [5.41, 5.74) is 0.623. The number of nitrogens with zero attached hydrogens (tertiary/aromatic N) is 2. The normalized spacial score (nSPS) is 22.1. The number of amides is 3. The number of benzene rings is 2. The van der Waals surface area contributed by atoms with Gasteiger partial charge in [0.15, 0.2) is 0 Å². The molecule has 2 N–H and O–H groups in total. The van der Waals surface area contributed by atoms with Crippen LogP contribution >= 0.6 is 0 Å². The second-order valence-corrected chi connectivity index (χ2v) is 10.5. The second kappa shape index (κ2) is 10.2. The van der Waals surface area contributed by atoms with E-state index < -0.39 is 41.2 Å². The van der Waals surface area contributed by atoms with Gasteiger partial charge in [-0.2, -0.15) is 5.26 Å². The number of hydrogen-bond donors (Lipinski definition) is 2. The summed E-state index contributed by atoms with van der Waals surface area (Å²) in [5, 5.41) is 15.5. The first-order chi connectivity index (χ1) is 17.5. The molecular weight excluding hydrogens is 472 g/mol. The van der Waals surface area contributed by atoms with Crippen molar-refractivity contribution >= 4 is 23.6 Å². The molecular formula is C28H32N4O5. The van der Waals surface area contributed by atoms with E-state index in [-0.39, 0.29) is 25.5 Å². The Kier molecular flexibility index (Phi) is 7.23. The van der Waals surface area contributed by atoms with E-state index in [1.54, 1.807) is 13.0 Å². The van der Waals surface area contributed by atoms with E-state index in [9.17, 15) is 19.6 Å². The average molecular weight is 505 g/mol. The van der Waals surface area contributed by atoms with Gasteiger partial charge in [-0.15, -0.1) is 0 Å². The van der Waals surface area contributed by atoms with E-state index in [0.29, 0.717) is 5.69 Å². The third kappa shape index (κ3) is 5.44. The van der Waals surface area contributed by atoms with Gasteiger partial charge in [-0.1, -0.05) is 48.5 Å². The SMILES string of the molecule is CC(OC(C)(C)C)[C@H](NC(=O)OCc1ccccc1)C(=O)N1C[C@]2(C[C@H]1C#N)C(=O)Nc1ccccc12. The van der Waals surface area contributed by atoms with Crippen LogP contribution in [-0.2, 0) is 31.1 Å². The molecule has 1 fully saturated rings. The minimum Gasteiger partial charge on any atom is -0.445 e. The van der Waals surface area contributed by atoms with Crippen molar-refractivity contribution in [1.82, 2.24) is 10.2 Å². The molecule has 0 aliphatic carbocycles. The molecule has 9 nitrogen and oxygen atoms in total. The fourth-order valence-electron chi connectivity index (χ4n) is 5.06. The molecule has 2 aliphatic heterocycles. The van der Waals surface area contributed by atoms with E-state index in [0.717, 1.165) is 11.1 Å². The van der Waals surface area contributed by atoms with Gasteiger partial charge in [-0.05, 0) is 44.9 Å². The molecule has 2 aromatic carbocycles. The topological polar surface area (TPSA) is 121 Å². The van der Waals surface area contributed by atoms with E-state index in [4.69, 9.17) is 9.47 Å². The summed E-state index contributed by atoms with van der Waals surface area (Å²) in [6, 6.07) is 16.7. The molecule has 9 heteroatoms. The predicted octanol–water partition coefficient (Wildman–Crippen LogP) is 3.50. The Morgan fingerprint density at radius 3 is 2.54 bits per heavy atom. The number of anilines is 1. The van der Waals surface area contributed by atoms with Crippen molar-refractivity contribution in [2.45, 2.75) is 69.9 Å². The van der Waals surface area contributed by atoms with Crippen molar-refractivity contribution in [2.24, 2.45) is 0 Å². The van der Waals surface area contributed by atoms with Crippen LogP contribution in [-0.4, -0.2) is 53.1 Å². The average Bonchev–Trinajstić information content (AvgIpc) is 3.38. The first-order valence-electron chi connectivity index (χ1n) is 12.3. The van der Waals surface area contributed by atoms with Gasteiger partial charge in [-0.3, -0.25) is 9.59 Å². The minimum atomic E-state index is -1.13. The van der Waals surface area contributed by atoms with Crippen molar-refractivity contribution in [3.63, 3.8) is 0 Å². The summed E-state index contributed by atoms with van der Waals surface area (Å²) in [4.78, 5) is 41.1. The maximum atomic E-state index is 13.9. The molecule has 1 saturated heterocycles. The largest absolute Gasteiger partial charge is 0.445 e. The Morgan fingerprint density at radius 2 is 1.86 bits per heavy atom. The van der Waals surface area contributed by atoms with Crippen molar-refractivity contribution < 1.29 is 23.9 Å². The fourth-order valence-corrected chi connectivity index (χ4v) is 5.06. The van der Waals surface area contributed by atoms with Crippen LogP contribution in [0.5, 0.6) is 0 Å². The quantitative estimate of drug-likeness (QED) is 0.621. The van der Waals surface area contributed by atoms with Crippen molar-refractivity contribution in [3.8, 4) is 6.07 Å². The van der Waals surface area contributed by atoms with E-state index in [1.807, 2.05) is 69.3 Å². The van der Waals surface area contributed by atoms with Gasteiger partial charge in [0.2, 0.25) is 11.8 Å². The molecule has 194 valence electrons. The van der Waals surface area contributed by atoms with Crippen LogP contribution in [0.3, 0.4) is 0 Å². The molecule has 3 amide bonds. The summed E-state index contributed by atoms with van der Waals surface area (Å²) < 4.78 is 11.4. The van der Waals surface area contributed by atoms with E-state index >= 15 is 0 Å². The number of alkyl carbamates (subject to hydrolysis) is 1. The number of nitrogens with one attached hydrogen (secondary N) is 2. The van der Waals surface area contributed by atoms with Crippen LogP contribution in [0.15, 0.2) is 54.6 Å². The van der Waals surface area contributed by atoms with E-state index in [2.05, 4.69) is 16.7 Å². The molecule has 2 aromatic rings. The van der Waals surface area contributed by atoms with Gasteiger partial charge < -0.3 is 25.0 Å². The highest BCUT2D eigenvalue weighted by Crippen LogP contribution is 2.46. The Morgan fingerprint density at radius 1 is 1.19 bits per heavy atom.